The first-order valence-corrected chi connectivity index (χ1v) is 6.25. The van der Waals surface area contributed by atoms with Gasteiger partial charge in [0.15, 0.2) is 5.82 Å². The molecule has 1 atom stereocenters. The number of amides is 1. The van der Waals surface area contributed by atoms with Crippen molar-refractivity contribution in [3.8, 4) is 0 Å². The van der Waals surface area contributed by atoms with Gasteiger partial charge in [-0.2, -0.15) is 11.3 Å². The van der Waals surface area contributed by atoms with E-state index >= 15 is 0 Å². The fourth-order valence-corrected chi connectivity index (χ4v) is 2.29. The zero-order chi connectivity index (χ0) is 12.3. The molecule has 0 radical (unpaired) electrons. The molecule has 2 aromatic heterocycles. The van der Waals surface area contributed by atoms with Gasteiger partial charge in [-0.15, -0.1) is 10.2 Å². The third-order valence-electron chi connectivity index (χ3n) is 2.46. The Kier molecular flexibility index (Phi) is 3.53. The van der Waals surface area contributed by atoms with Gasteiger partial charge >= 0.3 is 0 Å². The summed E-state index contributed by atoms with van der Waals surface area (Å²) in [5, 5.41) is 14.6. The number of aryl methyl sites for hydroxylation is 1. The van der Waals surface area contributed by atoms with Crippen LogP contribution in [0, 0.1) is 0 Å². The van der Waals surface area contributed by atoms with Crippen LogP contribution < -0.4 is 5.32 Å². The summed E-state index contributed by atoms with van der Waals surface area (Å²) in [6, 6.07) is 1.82. The number of rotatable bonds is 4. The highest BCUT2D eigenvalue weighted by Gasteiger charge is 2.14. The second-order valence-electron chi connectivity index (χ2n) is 3.90. The van der Waals surface area contributed by atoms with E-state index in [0.29, 0.717) is 6.42 Å². The van der Waals surface area contributed by atoms with Gasteiger partial charge in [-0.25, -0.2) is 0 Å². The third kappa shape index (κ3) is 2.91. The molecular weight excluding hydrogens is 236 g/mol. The molecule has 0 aliphatic carbocycles. The molecule has 0 aliphatic rings. The Balaban J connectivity index is 1.93. The van der Waals surface area contributed by atoms with E-state index < -0.39 is 0 Å². The van der Waals surface area contributed by atoms with Gasteiger partial charge in [-0.3, -0.25) is 4.79 Å². The summed E-state index contributed by atoms with van der Waals surface area (Å²) in [6.45, 7) is 1.90. The Morgan fingerprint density at radius 3 is 3.06 bits per heavy atom. The van der Waals surface area contributed by atoms with E-state index in [-0.39, 0.29) is 11.9 Å². The fourth-order valence-electron chi connectivity index (χ4n) is 1.62. The molecule has 2 rings (SSSR count). The van der Waals surface area contributed by atoms with Crippen molar-refractivity contribution in [2.45, 2.75) is 19.4 Å². The molecule has 90 valence electrons. The standard InChI is InChI=1S/C11H14N4OS/c1-8(11-14-12-7-15(11)2)13-10(16)5-9-3-4-17-6-9/h3-4,6-8H,5H2,1-2H3,(H,13,16)/t8-/m1/s1. The maximum absolute atomic E-state index is 11.8. The molecule has 0 aromatic carbocycles. The van der Waals surface area contributed by atoms with Gasteiger partial charge in [-0.1, -0.05) is 0 Å². The molecule has 0 saturated heterocycles. The van der Waals surface area contributed by atoms with Crippen LogP contribution >= 0.6 is 11.3 Å². The lowest BCUT2D eigenvalue weighted by atomic mass is 10.2. The molecule has 0 fully saturated rings. The van der Waals surface area contributed by atoms with Crippen LogP contribution in [-0.4, -0.2) is 20.7 Å². The number of hydrogen-bond donors (Lipinski definition) is 1. The van der Waals surface area contributed by atoms with Crippen molar-refractivity contribution >= 4 is 17.2 Å². The van der Waals surface area contributed by atoms with Crippen LogP contribution in [0.2, 0.25) is 0 Å². The lowest BCUT2D eigenvalue weighted by Crippen LogP contribution is -2.29. The number of hydrogen-bond acceptors (Lipinski definition) is 4. The van der Waals surface area contributed by atoms with Crippen molar-refractivity contribution in [2.24, 2.45) is 7.05 Å². The summed E-state index contributed by atoms with van der Waals surface area (Å²) < 4.78 is 1.80. The van der Waals surface area contributed by atoms with Crippen LogP contribution in [0.4, 0.5) is 0 Å². The lowest BCUT2D eigenvalue weighted by Gasteiger charge is -2.12. The largest absolute Gasteiger partial charge is 0.346 e. The Morgan fingerprint density at radius 2 is 2.47 bits per heavy atom. The van der Waals surface area contributed by atoms with Crippen LogP contribution in [-0.2, 0) is 18.3 Å². The van der Waals surface area contributed by atoms with E-state index in [1.54, 1.807) is 22.2 Å². The first-order chi connectivity index (χ1) is 8.16. The molecule has 2 heterocycles. The predicted octanol–water partition coefficient (Wildman–Crippen LogP) is 1.30. The van der Waals surface area contributed by atoms with E-state index in [4.69, 9.17) is 0 Å². The molecule has 5 nitrogen and oxygen atoms in total. The SMILES string of the molecule is C[C@@H](NC(=O)Cc1ccsc1)c1nncn1C. The average Bonchev–Trinajstić information content (AvgIpc) is 2.88. The first kappa shape index (κ1) is 11.8. The Labute approximate surface area is 103 Å². The van der Waals surface area contributed by atoms with E-state index in [2.05, 4.69) is 15.5 Å². The van der Waals surface area contributed by atoms with E-state index in [9.17, 15) is 4.79 Å². The normalized spacial score (nSPS) is 12.4. The summed E-state index contributed by atoms with van der Waals surface area (Å²) in [4.78, 5) is 11.8. The molecule has 1 amide bonds. The van der Waals surface area contributed by atoms with Crippen molar-refractivity contribution in [3.63, 3.8) is 0 Å². The van der Waals surface area contributed by atoms with Crippen molar-refractivity contribution < 1.29 is 4.79 Å². The molecule has 0 spiro atoms. The predicted molar refractivity (Wildman–Crippen MR) is 65.6 cm³/mol. The van der Waals surface area contributed by atoms with Crippen LogP contribution in [0.25, 0.3) is 0 Å². The highest BCUT2D eigenvalue weighted by Crippen LogP contribution is 2.09. The molecule has 1 N–H and O–H groups in total. The average molecular weight is 250 g/mol. The molecule has 0 saturated carbocycles. The van der Waals surface area contributed by atoms with Gasteiger partial charge in [0, 0.05) is 7.05 Å². The van der Waals surface area contributed by atoms with E-state index in [1.165, 1.54) is 0 Å². The van der Waals surface area contributed by atoms with Gasteiger partial charge in [0.1, 0.15) is 6.33 Å². The quantitative estimate of drug-likeness (QED) is 0.889. The van der Waals surface area contributed by atoms with Crippen molar-refractivity contribution in [1.82, 2.24) is 20.1 Å². The number of nitrogens with one attached hydrogen (secondary N) is 1. The molecule has 2 aromatic rings. The summed E-state index contributed by atoms with van der Waals surface area (Å²) in [7, 11) is 1.86. The van der Waals surface area contributed by atoms with Gasteiger partial charge in [0.25, 0.3) is 0 Å². The number of aromatic nitrogens is 3. The fraction of sp³-hybridized carbons (Fsp3) is 0.364. The number of carbonyl (C=O) groups excluding carboxylic acids is 1. The summed E-state index contributed by atoms with van der Waals surface area (Å²) >= 11 is 1.59. The van der Waals surface area contributed by atoms with Gasteiger partial charge < -0.3 is 9.88 Å². The molecule has 0 aliphatic heterocycles. The van der Waals surface area contributed by atoms with Crippen molar-refractivity contribution in [1.29, 1.82) is 0 Å². The summed E-state index contributed by atoms with van der Waals surface area (Å²) in [5.74, 6) is 0.752. The van der Waals surface area contributed by atoms with Crippen LogP contribution in [0.15, 0.2) is 23.2 Å². The summed E-state index contributed by atoms with van der Waals surface area (Å²) in [5.41, 5.74) is 1.04. The first-order valence-electron chi connectivity index (χ1n) is 5.31. The zero-order valence-electron chi connectivity index (χ0n) is 9.75. The molecule has 17 heavy (non-hydrogen) atoms. The van der Waals surface area contributed by atoms with Crippen LogP contribution in [0.5, 0.6) is 0 Å². The lowest BCUT2D eigenvalue weighted by molar-refractivity contribution is -0.121. The minimum Gasteiger partial charge on any atom is -0.346 e. The van der Waals surface area contributed by atoms with Gasteiger partial charge in [-0.05, 0) is 29.3 Å². The highest BCUT2D eigenvalue weighted by molar-refractivity contribution is 7.07. The monoisotopic (exact) mass is 250 g/mol. The Morgan fingerprint density at radius 1 is 1.65 bits per heavy atom. The van der Waals surface area contributed by atoms with Crippen molar-refractivity contribution in [2.75, 3.05) is 0 Å². The maximum atomic E-state index is 11.8. The smallest absolute Gasteiger partial charge is 0.225 e. The molecule has 6 heteroatoms. The second-order valence-corrected chi connectivity index (χ2v) is 4.68. The van der Waals surface area contributed by atoms with Gasteiger partial charge in [0.2, 0.25) is 5.91 Å². The molecule has 0 unspecified atom stereocenters. The third-order valence-corrected chi connectivity index (χ3v) is 3.19. The minimum atomic E-state index is -0.131. The Bertz CT molecular complexity index is 491. The van der Waals surface area contributed by atoms with Crippen molar-refractivity contribution in [3.05, 3.63) is 34.5 Å². The zero-order valence-corrected chi connectivity index (χ0v) is 10.6. The number of carbonyl (C=O) groups is 1. The highest BCUT2D eigenvalue weighted by atomic mass is 32.1. The number of nitrogens with zero attached hydrogens (tertiary/aromatic N) is 3. The van der Waals surface area contributed by atoms with E-state index in [0.717, 1.165) is 11.4 Å². The Hall–Kier alpha value is -1.69. The number of thiophene rings is 1. The van der Waals surface area contributed by atoms with Gasteiger partial charge in [0.05, 0.1) is 12.5 Å². The topological polar surface area (TPSA) is 59.8 Å². The summed E-state index contributed by atoms with van der Waals surface area (Å²) in [6.07, 6.45) is 2.03. The van der Waals surface area contributed by atoms with Crippen LogP contribution in [0.1, 0.15) is 24.4 Å². The van der Waals surface area contributed by atoms with E-state index in [1.807, 2.05) is 30.8 Å². The maximum Gasteiger partial charge on any atom is 0.225 e. The molecule has 0 bridgehead atoms. The molecular formula is C11H14N4OS. The minimum absolute atomic E-state index is 0.00102. The van der Waals surface area contributed by atoms with Crippen LogP contribution in [0.3, 0.4) is 0 Å². The second kappa shape index (κ2) is 5.09.